The van der Waals surface area contributed by atoms with E-state index in [9.17, 15) is 0 Å². The number of para-hydroxylation sites is 1. The van der Waals surface area contributed by atoms with Crippen LogP contribution in [0, 0.1) is 0 Å². The summed E-state index contributed by atoms with van der Waals surface area (Å²) in [5.74, 6) is 2.00. The number of rotatable bonds is 6. The van der Waals surface area contributed by atoms with Crippen molar-refractivity contribution in [2.24, 2.45) is 4.99 Å². The topological polar surface area (TPSA) is 43.3 Å². The molecule has 2 saturated heterocycles. The van der Waals surface area contributed by atoms with Crippen molar-refractivity contribution >= 4 is 5.96 Å². The predicted molar refractivity (Wildman–Crippen MR) is 112 cm³/mol. The van der Waals surface area contributed by atoms with Gasteiger partial charge in [0.2, 0.25) is 0 Å². The van der Waals surface area contributed by atoms with Crippen molar-refractivity contribution in [2.45, 2.75) is 25.9 Å². The maximum absolute atomic E-state index is 6.10. The van der Waals surface area contributed by atoms with Gasteiger partial charge in [0, 0.05) is 72.2 Å². The van der Waals surface area contributed by atoms with E-state index < -0.39 is 0 Å². The fraction of sp³-hybridized carbons (Fsp3) is 0.667. The lowest BCUT2D eigenvalue weighted by Crippen LogP contribution is -2.51. The summed E-state index contributed by atoms with van der Waals surface area (Å²) in [5, 5.41) is 3.56. The predicted octanol–water partition coefficient (Wildman–Crippen LogP) is 1.74. The highest BCUT2D eigenvalue weighted by Gasteiger charge is 2.23. The lowest BCUT2D eigenvalue weighted by Gasteiger charge is -2.36. The molecule has 2 aliphatic rings. The molecule has 0 saturated carbocycles. The molecule has 1 aromatic carbocycles. The maximum atomic E-state index is 6.10. The van der Waals surface area contributed by atoms with E-state index in [2.05, 4.69) is 31.9 Å². The smallest absolute Gasteiger partial charge is 0.193 e. The molecular weight excluding hydrogens is 338 g/mol. The van der Waals surface area contributed by atoms with E-state index in [1.54, 1.807) is 0 Å². The van der Waals surface area contributed by atoms with Crippen LogP contribution in [0.3, 0.4) is 0 Å². The average molecular weight is 374 g/mol. The monoisotopic (exact) mass is 373 g/mol. The molecule has 6 heteroatoms. The number of likely N-dealkylation sites (tertiary alicyclic amines) is 1. The van der Waals surface area contributed by atoms with E-state index in [-0.39, 0.29) is 0 Å². The second kappa shape index (κ2) is 10.5. The Kier molecular flexibility index (Phi) is 7.78. The number of aliphatic imine (C=N–C) groups is 1. The summed E-state index contributed by atoms with van der Waals surface area (Å²) < 4.78 is 6.10. The number of likely N-dealkylation sites (N-methyl/N-ethyl adjacent to an activating group) is 1. The summed E-state index contributed by atoms with van der Waals surface area (Å²) in [7, 11) is 1.88. The third-order valence-electron chi connectivity index (χ3n) is 5.62. The normalized spacial score (nSPS) is 20.7. The minimum atomic E-state index is 0.302. The Hall–Kier alpha value is -1.79. The van der Waals surface area contributed by atoms with Crippen LogP contribution in [0.4, 0.5) is 0 Å². The first-order chi connectivity index (χ1) is 13.3. The molecule has 0 bridgehead atoms. The molecule has 2 aliphatic heterocycles. The van der Waals surface area contributed by atoms with E-state index in [1.807, 2.05) is 37.4 Å². The number of hydrogen-bond acceptors (Lipinski definition) is 4. The van der Waals surface area contributed by atoms with E-state index in [1.165, 1.54) is 32.7 Å². The van der Waals surface area contributed by atoms with Gasteiger partial charge in [-0.3, -0.25) is 9.89 Å². The van der Waals surface area contributed by atoms with Gasteiger partial charge in [0.25, 0.3) is 0 Å². The summed E-state index contributed by atoms with van der Waals surface area (Å²) in [4.78, 5) is 11.9. The highest BCUT2D eigenvalue weighted by atomic mass is 16.5. The SMILES string of the molecule is CCN1CCN(CCNC(=NC)N2CCC(Oc3ccccc3)CC2)CC1. The van der Waals surface area contributed by atoms with Crippen LogP contribution in [0.2, 0.25) is 0 Å². The number of piperazine rings is 1. The highest BCUT2D eigenvalue weighted by Crippen LogP contribution is 2.18. The Balaban J connectivity index is 1.35. The second-order valence-electron chi connectivity index (χ2n) is 7.37. The molecule has 3 rings (SSSR count). The van der Waals surface area contributed by atoms with E-state index >= 15 is 0 Å². The summed E-state index contributed by atoms with van der Waals surface area (Å²) in [6.07, 6.45) is 2.37. The van der Waals surface area contributed by atoms with Crippen LogP contribution < -0.4 is 10.1 Å². The van der Waals surface area contributed by atoms with Crippen molar-refractivity contribution in [3.05, 3.63) is 30.3 Å². The van der Waals surface area contributed by atoms with Gasteiger partial charge >= 0.3 is 0 Å². The number of ether oxygens (including phenoxy) is 1. The maximum Gasteiger partial charge on any atom is 0.193 e. The molecule has 0 atom stereocenters. The molecule has 1 aromatic rings. The van der Waals surface area contributed by atoms with Crippen LogP contribution in [0.15, 0.2) is 35.3 Å². The van der Waals surface area contributed by atoms with Crippen molar-refractivity contribution in [2.75, 3.05) is 66.0 Å². The van der Waals surface area contributed by atoms with Crippen molar-refractivity contribution in [1.29, 1.82) is 0 Å². The number of piperidine rings is 1. The molecule has 6 nitrogen and oxygen atoms in total. The van der Waals surface area contributed by atoms with Gasteiger partial charge in [-0.15, -0.1) is 0 Å². The van der Waals surface area contributed by atoms with Crippen LogP contribution >= 0.6 is 0 Å². The molecule has 0 radical (unpaired) electrons. The van der Waals surface area contributed by atoms with E-state index in [0.29, 0.717) is 6.10 Å². The number of benzene rings is 1. The van der Waals surface area contributed by atoms with Crippen molar-refractivity contribution in [3.8, 4) is 5.75 Å². The lowest BCUT2D eigenvalue weighted by atomic mass is 10.1. The quantitative estimate of drug-likeness (QED) is 0.608. The molecule has 2 fully saturated rings. The zero-order chi connectivity index (χ0) is 18.9. The first-order valence-electron chi connectivity index (χ1n) is 10.4. The first kappa shape index (κ1) is 20.0. The Morgan fingerprint density at radius 3 is 2.33 bits per heavy atom. The van der Waals surface area contributed by atoms with E-state index in [4.69, 9.17) is 4.74 Å². The number of nitrogens with zero attached hydrogens (tertiary/aromatic N) is 4. The zero-order valence-electron chi connectivity index (χ0n) is 16.9. The molecule has 0 aromatic heterocycles. The Morgan fingerprint density at radius 1 is 1.04 bits per heavy atom. The Bertz CT molecular complexity index is 563. The van der Waals surface area contributed by atoms with Gasteiger partial charge in [-0.05, 0) is 18.7 Å². The van der Waals surface area contributed by atoms with Gasteiger partial charge in [-0.1, -0.05) is 25.1 Å². The third kappa shape index (κ3) is 6.11. The summed E-state index contributed by atoms with van der Waals surface area (Å²) in [5.41, 5.74) is 0. The van der Waals surface area contributed by atoms with Gasteiger partial charge in [0.05, 0.1) is 0 Å². The zero-order valence-corrected chi connectivity index (χ0v) is 16.9. The largest absolute Gasteiger partial charge is 0.490 e. The molecule has 2 heterocycles. The van der Waals surface area contributed by atoms with Gasteiger partial charge in [-0.25, -0.2) is 0 Å². The van der Waals surface area contributed by atoms with Crippen LogP contribution in [0.1, 0.15) is 19.8 Å². The van der Waals surface area contributed by atoms with Crippen LogP contribution in [-0.4, -0.2) is 92.7 Å². The van der Waals surface area contributed by atoms with Gasteiger partial charge in [-0.2, -0.15) is 0 Å². The van der Waals surface area contributed by atoms with Crippen LogP contribution in [-0.2, 0) is 0 Å². The fourth-order valence-electron chi connectivity index (χ4n) is 3.86. The van der Waals surface area contributed by atoms with Crippen LogP contribution in [0.25, 0.3) is 0 Å². The Morgan fingerprint density at radius 2 is 1.70 bits per heavy atom. The average Bonchev–Trinajstić information content (AvgIpc) is 2.73. The number of guanidine groups is 1. The molecular formula is C21H35N5O. The molecule has 0 spiro atoms. The summed E-state index contributed by atoms with van der Waals surface area (Å²) >= 11 is 0. The summed E-state index contributed by atoms with van der Waals surface area (Å²) in [6.45, 7) is 12.2. The molecule has 0 unspecified atom stereocenters. The van der Waals surface area contributed by atoms with Crippen LogP contribution in [0.5, 0.6) is 5.75 Å². The first-order valence-corrected chi connectivity index (χ1v) is 10.4. The summed E-state index contributed by atoms with van der Waals surface area (Å²) in [6, 6.07) is 10.1. The Labute approximate surface area is 164 Å². The van der Waals surface area contributed by atoms with Crippen molar-refractivity contribution < 1.29 is 4.74 Å². The third-order valence-corrected chi connectivity index (χ3v) is 5.62. The van der Waals surface area contributed by atoms with Crippen molar-refractivity contribution in [1.82, 2.24) is 20.0 Å². The van der Waals surface area contributed by atoms with Gasteiger partial charge in [0.15, 0.2) is 5.96 Å². The molecule has 1 N–H and O–H groups in total. The number of nitrogens with one attached hydrogen (secondary N) is 1. The van der Waals surface area contributed by atoms with Gasteiger partial charge in [0.1, 0.15) is 11.9 Å². The molecule has 0 aliphatic carbocycles. The lowest BCUT2D eigenvalue weighted by molar-refractivity contribution is 0.128. The minimum Gasteiger partial charge on any atom is -0.490 e. The number of hydrogen-bond donors (Lipinski definition) is 1. The molecule has 150 valence electrons. The van der Waals surface area contributed by atoms with Gasteiger partial charge < -0.3 is 19.9 Å². The molecule has 27 heavy (non-hydrogen) atoms. The molecule has 0 amide bonds. The minimum absolute atomic E-state index is 0.302. The second-order valence-corrected chi connectivity index (χ2v) is 7.37. The van der Waals surface area contributed by atoms with Crippen molar-refractivity contribution in [3.63, 3.8) is 0 Å². The fourth-order valence-corrected chi connectivity index (χ4v) is 3.86. The highest BCUT2D eigenvalue weighted by molar-refractivity contribution is 5.79. The standard InChI is InChI=1S/C21H35N5O/c1-3-24-15-17-25(18-16-24)14-11-23-21(22-2)26-12-9-20(10-13-26)27-19-7-5-4-6-8-19/h4-8,20H,3,9-18H2,1-2H3,(H,22,23). The van der Waals surface area contributed by atoms with E-state index in [0.717, 1.165) is 50.7 Å².